The van der Waals surface area contributed by atoms with Gasteiger partial charge in [0.25, 0.3) is 0 Å². The minimum Gasteiger partial charge on any atom is -0.455 e. The van der Waals surface area contributed by atoms with Crippen LogP contribution in [0.3, 0.4) is 0 Å². The van der Waals surface area contributed by atoms with Crippen LogP contribution in [0, 0.1) is 5.92 Å². The SMILES string of the molecule is CC(C)(C)OC(=O)c1nn(C(=O)OC(C)(C)C)c2ccc(NC(=O)C3CCN(CC(=O)N4CCN(c5ccc(-c6ncccn6)cc5)CC4)C3)cc12. The van der Waals surface area contributed by atoms with Crippen molar-refractivity contribution >= 4 is 46.2 Å². The maximum absolute atomic E-state index is 13.4. The van der Waals surface area contributed by atoms with E-state index >= 15 is 0 Å². The van der Waals surface area contributed by atoms with Crippen molar-refractivity contribution < 1.29 is 28.7 Å². The Kier molecular flexibility index (Phi) is 10.3. The van der Waals surface area contributed by atoms with Gasteiger partial charge >= 0.3 is 12.1 Å². The molecule has 2 aromatic heterocycles. The summed E-state index contributed by atoms with van der Waals surface area (Å²) in [4.78, 5) is 67.6. The number of carbonyl (C=O) groups is 4. The maximum atomic E-state index is 13.4. The fraction of sp³-hybridized carbons (Fsp3) is 0.447. The van der Waals surface area contributed by atoms with E-state index in [0.29, 0.717) is 55.0 Å². The Morgan fingerprint density at radius 2 is 1.52 bits per heavy atom. The Hall–Kier alpha value is -5.37. The summed E-state index contributed by atoms with van der Waals surface area (Å²) in [5.74, 6) is -0.467. The Balaban J connectivity index is 1.04. The lowest BCUT2D eigenvalue weighted by Crippen LogP contribution is -2.51. The number of nitrogens with one attached hydrogen (secondary N) is 1. The molecule has 4 aromatic rings. The van der Waals surface area contributed by atoms with Gasteiger partial charge in [0.2, 0.25) is 11.8 Å². The molecule has 0 spiro atoms. The number of ether oxygens (including phenoxy) is 2. The smallest absolute Gasteiger partial charge is 0.435 e. The molecule has 2 amide bonds. The van der Waals surface area contributed by atoms with Crippen LogP contribution in [-0.4, -0.2) is 110 Å². The van der Waals surface area contributed by atoms with Gasteiger partial charge in [-0.1, -0.05) is 0 Å². The molecule has 2 aliphatic heterocycles. The summed E-state index contributed by atoms with van der Waals surface area (Å²) in [6.07, 6.45) is 3.32. The summed E-state index contributed by atoms with van der Waals surface area (Å²) in [6, 6.07) is 14.8. The van der Waals surface area contributed by atoms with E-state index in [-0.39, 0.29) is 30.0 Å². The zero-order chi connectivity index (χ0) is 37.2. The molecule has 0 radical (unpaired) electrons. The van der Waals surface area contributed by atoms with Gasteiger partial charge < -0.3 is 24.6 Å². The zero-order valence-corrected chi connectivity index (χ0v) is 30.6. The molecule has 2 aromatic carbocycles. The lowest BCUT2D eigenvalue weighted by molar-refractivity contribution is -0.132. The zero-order valence-electron chi connectivity index (χ0n) is 30.6. The molecule has 2 aliphatic rings. The van der Waals surface area contributed by atoms with Gasteiger partial charge in [-0.3, -0.25) is 14.5 Å². The number of likely N-dealkylation sites (tertiary alicyclic amines) is 1. The highest BCUT2D eigenvalue weighted by molar-refractivity contribution is 6.06. The second kappa shape index (κ2) is 14.7. The first kappa shape index (κ1) is 36.4. The number of benzene rings is 2. The van der Waals surface area contributed by atoms with Gasteiger partial charge in [0, 0.05) is 67.4 Å². The Morgan fingerprint density at radius 3 is 2.17 bits per heavy atom. The van der Waals surface area contributed by atoms with Crippen LogP contribution in [0.4, 0.5) is 16.2 Å². The second-order valence-electron chi connectivity index (χ2n) is 15.2. The highest BCUT2D eigenvalue weighted by atomic mass is 16.6. The molecule has 2 fully saturated rings. The van der Waals surface area contributed by atoms with E-state index < -0.39 is 23.3 Å². The first-order valence-electron chi connectivity index (χ1n) is 17.6. The molecule has 52 heavy (non-hydrogen) atoms. The van der Waals surface area contributed by atoms with E-state index in [1.165, 1.54) is 0 Å². The first-order chi connectivity index (χ1) is 24.6. The van der Waals surface area contributed by atoms with Gasteiger partial charge in [0.05, 0.1) is 18.0 Å². The molecule has 4 heterocycles. The maximum Gasteiger partial charge on any atom is 0.435 e. The van der Waals surface area contributed by atoms with Crippen LogP contribution in [0.15, 0.2) is 60.9 Å². The van der Waals surface area contributed by atoms with Crippen molar-refractivity contribution in [2.45, 2.75) is 59.2 Å². The minimum atomic E-state index is -0.790. The number of hydrogen-bond donors (Lipinski definition) is 1. The van der Waals surface area contributed by atoms with Crippen LogP contribution in [-0.2, 0) is 19.1 Å². The second-order valence-corrected chi connectivity index (χ2v) is 15.2. The third-order valence-corrected chi connectivity index (χ3v) is 8.80. The average molecular weight is 711 g/mol. The summed E-state index contributed by atoms with van der Waals surface area (Å²) in [5.41, 5.74) is 1.21. The number of amides is 2. The molecule has 6 rings (SSSR count). The van der Waals surface area contributed by atoms with Crippen molar-refractivity contribution in [3.8, 4) is 11.4 Å². The molecular weight excluding hydrogens is 664 g/mol. The number of anilines is 2. The third-order valence-electron chi connectivity index (χ3n) is 8.80. The number of rotatable bonds is 7. The molecule has 0 aliphatic carbocycles. The number of carbonyl (C=O) groups excluding carboxylic acids is 4. The predicted molar refractivity (Wildman–Crippen MR) is 196 cm³/mol. The highest BCUT2D eigenvalue weighted by Crippen LogP contribution is 2.28. The van der Waals surface area contributed by atoms with Gasteiger partial charge in [-0.15, -0.1) is 0 Å². The van der Waals surface area contributed by atoms with Crippen molar-refractivity contribution in [1.29, 1.82) is 0 Å². The number of aromatic nitrogens is 4. The molecule has 2 saturated heterocycles. The molecule has 14 nitrogen and oxygen atoms in total. The average Bonchev–Trinajstić information content (AvgIpc) is 3.72. The predicted octanol–water partition coefficient (Wildman–Crippen LogP) is 4.84. The number of hydrogen-bond acceptors (Lipinski definition) is 11. The van der Waals surface area contributed by atoms with Gasteiger partial charge in [-0.25, -0.2) is 19.6 Å². The summed E-state index contributed by atoms with van der Waals surface area (Å²) >= 11 is 0. The van der Waals surface area contributed by atoms with E-state index in [9.17, 15) is 19.2 Å². The lowest BCUT2D eigenvalue weighted by Gasteiger charge is -2.36. The van der Waals surface area contributed by atoms with Crippen LogP contribution >= 0.6 is 0 Å². The fourth-order valence-corrected chi connectivity index (χ4v) is 6.33. The number of esters is 1. The van der Waals surface area contributed by atoms with E-state index in [1.807, 2.05) is 21.9 Å². The van der Waals surface area contributed by atoms with Crippen LogP contribution in [0.25, 0.3) is 22.3 Å². The topological polar surface area (TPSA) is 152 Å². The Labute approximate surface area is 303 Å². The molecule has 0 bridgehead atoms. The van der Waals surface area contributed by atoms with Crippen LogP contribution in [0.5, 0.6) is 0 Å². The third kappa shape index (κ3) is 8.73. The minimum absolute atomic E-state index is 0.0550. The van der Waals surface area contributed by atoms with E-state index in [2.05, 4.69) is 37.4 Å². The van der Waals surface area contributed by atoms with Crippen LogP contribution in [0.2, 0.25) is 0 Å². The highest BCUT2D eigenvalue weighted by Gasteiger charge is 2.32. The summed E-state index contributed by atoms with van der Waals surface area (Å²) in [7, 11) is 0. The van der Waals surface area contributed by atoms with Crippen molar-refractivity contribution in [2.75, 3.05) is 56.0 Å². The quantitative estimate of drug-likeness (QED) is 0.262. The summed E-state index contributed by atoms with van der Waals surface area (Å²) in [5, 5.41) is 7.57. The molecular formula is C38H46N8O6. The normalized spacial score (nSPS) is 16.9. The van der Waals surface area contributed by atoms with E-state index in [1.54, 1.807) is 78.2 Å². The van der Waals surface area contributed by atoms with Gasteiger partial charge in [0.1, 0.15) is 11.2 Å². The molecule has 14 heteroatoms. The molecule has 1 N–H and O–H groups in total. The molecule has 1 unspecified atom stereocenters. The summed E-state index contributed by atoms with van der Waals surface area (Å²) in [6.45, 7) is 14.5. The van der Waals surface area contributed by atoms with Crippen LogP contribution < -0.4 is 10.2 Å². The fourth-order valence-electron chi connectivity index (χ4n) is 6.33. The Bertz CT molecular complexity index is 1940. The molecule has 274 valence electrons. The van der Waals surface area contributed by atoms with Crippen molar-refractivity contribution in [1.82, 2.24) is 29.5 Å². The Morgan fingerprint density at radius 1 is 0.846 bits per heavy atom. The van der Waals surface area contributed by atoms with Gasteiger partial charge in [-0.2, -0.15) is 9.78 Å². The molecule has 1 atom stereocenters. The summed E-state index contributed by atoms with van der Waals surface area (Å²) < 4.78 is 12.1. The monoisotopic (exact) mass is 710 g/mol. The van der Waals surface area contributed by atoms with Crippen LogP contribution in [0.1, 0.15) is 58.5 Å². The van der Waals surface area contributed by atoms with E-state index in [0.717, 1.165) is 29.0 Å². The van der Waals surface area contributed by atoms with Gasteiger partial charge in [0.15, 0.2) is 11.5 Å². The standard InChI is InChI=1S/C38H46N8O6/c1-37(2,3)51-35(49)32-29-22-27(10-13-30(29)46(42-32)36(50)52-38(4,5)6)41-34(48)26-14-17-43(23-26)24-31(47)45-20-18-44(19-21-45)28-11-8-25(9-12-28)33-39-15-7-16-40-33/h7-13,15-16,22,26H,14,17-21,23-24H2,1-6H3,(H,41,48). The van der Waals surface area contributed by atoms with E-state index in [4.69, 9.17) is 9.47 Å². The number of fused-ring (bicyclic) bond motifs is 1. The molecule has 0 saturated carbocycles. The number of nitrogens with zero attached hydrogens (tertiary/aromatic N) is 7. The van der Waals surface area contributed by atoms with Gasteiger partial charge in [-0.05, 0) is 103 Å². The van der Waals surface area contributed by atoms with Crippen molar-refractivity contribution in [3.05, 3.63) is 66.6 Å². The lowest BCUT2D eigenvalue weighted by atomic mass is 10.1. The van der Waals surface area contributed by atoms with Crippen molar-refractivity contribution in [3.63, 3.8) is 0 Å². The van der Waals surface area contributed by atoms with Crippen molar-refractivity contribution in [2.24, 2.45) is 5.92 Å². The number of piperazine rings is 1. The first-order valence-corrected chi connectivity index (χ1v) is 17.6. The largest absolute Gasteiger partial charge is 0.455 e.